The highest BCUT2D eigenvalue weighted by Gasteiger charge is 2.21. The molecule has 3 aromatic rings. The SMILES string of the molecule is CC(=O)c1cccc(NS(=O)(=O)c2cc3oc(=O)n(C)c3cc2Cl)c1. The Morgan fingerprint density at radius 2 is 1.96 bits per heavy atom. The smallest absolute Gasteiger partial charge is 0.408 e. The maximum absolute atomic E-state index is 12.6. The number of sulfonamides is 1. The number of hydrogen-bond donors (Lipinski definition) is 1. The standard InChI is InChI=1S/C16H13ClN2O5S/c1-9(20)10-4-3-5-11(6-10)18-25(22,23)15-8-14-13(7-12(15)17)19(2)16(21)24-14/h3-8,18H,1-2H3. The molecule has 3 rings (SSSR count). The van der Waals surface area contributed by atoms with Crippen molar-refractivity contribution in [1.29, 1.82) is 0 Å². The molecule has 0 spiro atoms. The number of Topliss-reactive ketones (excluding diaryl/α,β-unsaturated/α-hetero) is 1. The number of halogens is 1. The summed E-state index contributed by atoms with van der Waals surface area (Å²) in [6, 6.07) is 8.63. The average molecular weight is 381 g/mol. The third-order valence-electron chi connectivity index (χ3n) is 3.66. The van der Waals surface area contributed by atoms with Crippen molar-refractivity contribution in [2.75, 3.05) is 4.72 Å². The van der Waals surface area contributed by atoms with Crippen LogP contribution in [-0.4, -0.2) is 18.8 Å². The first kappa shape index (κ1) is 17.2. The molecule has 0 amide bonds. The minimum atomic E-state index is -4.05. The van der Waals surface area contributed by atoms with Crippen molar-refractivity contribution >= 4 is 44.2 Å². The fraction of sp³-hybridized carbons (Fsp3) is 0.125. The summed E-state index contributed by atoms with van der Waals surface area (Å²) in [5.41, 5.74) is 1.08. The summed E-state index contributed by atoms with van der Waals surface area (Å²) < 4.78 is 33.9. The van der Waals surface area contributed by atoms with E-state index in [2.05, 4.69) is 4.72 Å². The van der Waals surface area contributed by atoms with E-state index in [0.717, 1.165) is 0 Å². The summed E-state index contributed by atoms with van der Waals surface area (Å²) in [5, 5.41) is -0.0564. The highest BCUT2D eigenvalue weighted by molar-refractivity contribution is 7.92. The van der Waals surface area contributed by atoms with Gasteiger partial charge in [0, 0.05) is 24.4 Å². The Balaban J connectivity index is 2.07. The Morgan fingerprint density at radius 1 is 1.24 bits per heavy atom. The van der Waals surface area contributed by atoms with E-state index in [1.807, 2.05) is 0 Å². The highest BCUT2D eigenvalue weighted by Crippen LogP contribution is 2.28. The van der Waals surface area contributed by atoms with Crippen molar-refractivity contribution < 1.29 is 17.6 Å². The van der Waals surface area contributed by atoms with Gasteiger partial charge in [-0.2, -0.15) is 0 Å². The van der Waals surface area contributed by atoms with Gasteiger partial charge in [0.2, 0.25) is 0 Å². The lowest BCUT2D eigenvalue weighted by atomic mass is 10.1. The number of oxazole rings is 1. The largest absolute Gasteiger partial charge is 0.419 e. The molecule has 1 N–H and O–H groups in total. The van der Waals surface area contributed by atoms with Crippen molar-refractivity contribution in [3.8, 4) is 0 Å². The van der Waals surface area contributed by atoms with Gasteiger partial charge in [-0.25, -0.2) is 13.2 Å². The number of aryl methyl sites for hydroxylation is 1. The molecule has 1 heterocycles. The molecule has 0 bridgehead atoms. The number of carbonyl (C=O) groups is 1. The second-order valence-electron chi connectivity index (χ2n) is 5.42. The van der Waals surface area contributed by atoms with Crippen LogP contribution in [0.2, 0.25) is 5.02 Å². The van der Waals surface area contributed by atoms with E-state index < -0.39 is 15.8 Å². The van der Waals surface area contributed by atoms with Crippen molar-refractivity contribution in [2.45, 2.75) is 11.8 Å². The zero-order valence-corrected chi connectivity index (χ0v) is 14.8. The Morgan fingerprint density at radius 3 is 2.64 bits per heavy atom. The fourth-order valence-electron chi connectivity index (χ4n) is 2.35. The molecule has 7 nitrogen and oxygen atoms in total. The maximum Gasteiger partial charge on any atom is 0.419 e. The fourth-order valence-corrected chi connectivity index (χ4v) is 3.93. The number of ketones is 1. The molecule has 0 aliphatic carbocycles. The van der Waals surface area contributed by atoms with Crippen molar-refractivity contribution in [3.05, 3.63) is 57.5 Å². The molecule has 2 aromatic carbocycles. The number of nitrogens with zero attached hydrogens (tertiary/aromatic N) is 1. The van der Waals surface area contributed by atoms with Crippen LogP contribution in [-0.2, 0) is 17.1 Å². The first-order valence-corrected chi connectivity index (χ1v) is 8.98. The Bertz CT molecular complexity index is 1160. The number of nitrogens with one attached hydrogen (secondary N) is 1. The van der Waals surface area contributed by atoms with Gasteiger partial charge in [0.1, 0.15) is 4.90 Å². The minimum absolute atomic E-state index is 0.0564. The maximum atomic E-state index is 12.6. The third kappa shape index (κ3) is 3.18. The molecular weight excluding hydrogens is 368 g/mol. The molecule has 0 aliphatic rings. The van der Waals surface area contributed by atoms with Crippen LogP contribution in [0.4, 0.5) is 5.69 Å². The van der Waals surface area contributed by atoms with Crippen LogP contribution in [0.15, 0.2) is 50.5 Å². The molecule has 0 unspecified atom stereocenters. The van der Waals surface area contributed by atoms with E-state index in [-0.39, 0.29) is 27.0 Å². The number of anilines is 1. The molecule has 130 valence electrons. The van der Waals surface area contributed by atoms with E-state index in [1.54, 1.807) is 12.1 Å². The summed E-state index contributed by atoms with van der Waals surface area (Å²) in [7, 11) is -2.56. The predicted octanol–water partition coefficient (Wildman–Crippen LogP) is 2.79. The first-order valence-electron chi connectivity index (χ1n) is 7.12. The van der Waals surface area contributed by atoms with Gasteiger partial charge in [-0.05, 0) is 25.1 Å². The molecule has 0 radical (unpaired) electrons. The van der Waals surface area contributed by atoms with Gasteiger partial charge < -0.3 is 4.42 Å². The van der Waals surface area contributed by atoms with Crippen LogP contribution >= 0.6 is 11.6 Å². The number of aromatic nitrogens is 1. The number of benzene rings is 2. The van der Waals surface area contributed by atoms with Crippen LogP contribution < -0.4 is 10.5 Å². The van der Waals surface area contributed by atoms with Crippen LogP contribution in [0, 0.1) is 0 Å². The monoisotopic (exact) mass is 380 g/mol. The topological polar surface area (TPSA) is 98.4 Å². The van der Waals surface area contributed by atoms with Crippen LogP contribution in [0.25, 0.3) is 11.1 Å². The zero-order valence-electron chi connectivity index (χ0n) is 13.2. The normalized spacial score (nSPS) is 11.6. The van der Waals surface area contributed by atoms with Gasteiger partial charge in [0.05, 0.1) is 10.5 Å². The van der Waals surface area contributed by atoms with E-state index in [9.17, 15) is 18.0 Å². The molecule has 1 aromatic heterocycles. The van der Waals surface area contributed by atoms with E-state index in [4.69, 9.17) is 16.0 Å². The Labute approximate surface area is 147 Å². The summed E-state index contributed by atoms with van der Waals surface area (Å²) in [4.78, 5) is 22.8. The third-order valence-corrected chi connectivity index (χ3v) is 5.50. The first-order chi connectivity index (χ1) is 11.7. The second-order valence-corrected chi connectivity index (χ2v) is 7.48. The van der Waals surface area contributed by atoms with Crippen LogP contribution in [0.3, 0.4) is 0 Å². The van der Waals surface area contributed by atoms with Gasteiger partial charge in [-0.3, -0.25) is 14.1 Å². The molecule has 9 heteroatoms. The van der Waals surface area contributed by atoms with E-state index >= 15 is 0 Å². The lowest BCUT2D eigenvalue weighted by Gasteiger charge is -2.10. The average Bonchev–Trinajstić information content (AvgIpc) is 2.81. The molecule has 0 saturated carbocycles. The zero-order chi connectivity index (χ0) is 18.4. The molecule has 25 heavy (non-hydrogen) atoms. The molecule has 0 fully saturated rings. The van der Waals surface area contributed by atoms with Crippen molar-refractivity contribution in [1.82, 2.24) is 4.57 Å². The van der Waals surface area contributed by atoms with Crippen molar-refractivity contribution in [2.24, 2.45) is 7.05 Å². The summed E-state index contributed by atoms with van der Waals surface area (Å²) in [6.45, 7) is 1.38. The van der Waals surface area contributed by atoms with Crippen LogP contribution in [0.1, 0.15) is 17.3 Å². The van der Waals surface area contributed by atoms with Gasteiger partial charge >= 0.3 is 5.76 Å². The Hall–Kier alpha value is -2.58. The van der Waals surface area contributed by atoms with E-state index in [1.165, 1.54) is 42.8 Å². The number of rotatable bonds is 4. The lowest BCUT2D eigenvalue weighted by molar-refractivity contribution is 0.101. The number of carbonyl (C=O) groups excluding carboxylic acids is 1. The Kier molecular flexibility index (Phi) is 4.18. The predicted molar refractivity (Wildman–Crippen MR) is 93.7 cm³/mol. The van der Waals surface area contributed by atoms with Crippen molar-refractivity contribution in [3.63, 3.8) is 0 Å². The molecule has 0 saturated heterocycles. The minimum Gasteiger partial charge on any atom is -0.408 e. The van der Waals surface area contributed by atoms with Gasteiger partial charge in [-0.1, -0.05) is 23.7 Å². The molecular formula is C16H13ClN2O5S. The lowest BCUT2D eigenvalue weighted by Crippen LogP contribution is -2.14. The summed E-state index contributed by atoms with van der Waals surface area (Å²) in [5.74, 6) is -0.811. The quantitative estimate of drug-likeness (QED) is 0.702. The van der Waals surface area contributed by atoms with Gasteiger partial charge in [-0.15, -0.1) is 0 Å². The van der Waals surface area contributed by atoms with Crippen LogP contribution in [0.5, 0.6) is 0 Å². The number of hydrogen-bond acceptors (Lipinski definition) is 5. The summed E-state index contributed by atoms with van der Waals surface area (Å²) >= 11 is 6.09. The molecule has 0 aliphatic heterocycles. The highest BCUT2D eigenvalue weighted by atomic mass is 35.5. The number of fused-ring (bicyclic) bond motifs is 1. The summed E-state index contributed by atoms with van der Waals surface area (Å²) in [6.07, 6.45) is 0. The van der Waals surface area contributed by atoms with Gasteiger partial charge in [0.15, 0.2) is 11.4 Å². The van der Waals surface area contributed by atoms with Gasteiger partial charge in [0.25, 0.3) is 10.0 Å². The molecule has 0 atom stereocenters. The second kappa shape index (κ2) is 6.05. The van der Waals surface area contributed by atoms with E-state index in [0.29, 0.717) is 11.1 Å².